The van der Waals surface area contributed by atoms with Crippen LogP contribution in [0.3, 0.4) is 0 Å². The molecule has 2 aliphatic heterocycles. The van der Waals surface area contributed by atoms with Gasteiger partial charge in [-0.3, -0.25) is 9.48 Å². The molecule has 3 aromatic heterocycles. The second-order valence-corrected chi connectivity index (χ2v) is 9.24. The lowest BCUT2D eigenvalue weighted by atomic mass is 10.0. The molecule has 0 aromatic carbocycles. The van der Waals surface area contributed by atoms with E-state index in [1.807, 2.05) is 6.07 Å². The number of hydrogen-bond donors (Lipinski definition) is 1. The molecule has 2 saturated heterocycles. The number of fused-ring (bicyclic) bond motifs is 1. The second kappa shape index (κ2) is 9.86. The van der Waals surface area contributed by atoms with Gasteiger partial charge in [0.1, 0.15) is 11.4 Å². The first-order valence-corrected chi connectivity index (χ1v) is 12.0. The molecule has 1 amide bonds. The average Bonchev–Trinajstić information content (AvgIpc) is 3.49. The molecule has 0 spiro atoms. The van der Waals surface area contributed by atoms with Crippen LogP contribution in [0.15, 0.2) is 24.7 Å². The molecule has 3 aromatic rings. The summed E-state index contributed by atoms with van der Waals surface area (Å²) in [4.78, 5) is 22.2. The summed E-state index contributed by atoms with van der Waals surface area (Å²) in [7, 11) is 0. The number of aromatic nitrogens is 5. The summed E-state index contributed by atoms with van der Waals surface area (Å²) in [6.07, 6.45) is 3.48. The lowest BCUT2D eigenvalue weighted by Crippen LogP contribution is -2.39. The van der Waals surface area contributed by atoms with Crippen LogP contribution in [0.5, 0.6) is 0 Å². The number of morpholine rings is 1. The summed E-state index contributed by atoms with van der Waals surface area (Å²) in [6, 6.07) is 2.29. The van der Waals surface area contributed by atoms with Gasteiger partial charge in [-0.1, -0.05) is 0 Å². The summed E-state index contributed by atoms with van der Waals surface area (Å²) < 4.78 is 36.1. The van der Waals surface area contributed by atoms with E-state index in [1.54, 1.807) is 10.9 Å². The fourth-order valence-electron chi connectivity index (χ4n) is 4.69. The van der Waals surface area contributed by atoms with Crippen molar-refractivity contribution in [2.75, 3.05) is 49.6 Å². The zero-order chi connectivity index (χ0) is 24.5. The Kier molecular flexibility index (Phi) is 6.65. The van der Waals surface area contributed by atoms with Crippen LogP contribution >= 0.6 is 0 Å². The maximum Gasteiger partial charge on any atom is 0.284 e. The molecular formula is C23H32F2N8O2. The van der Waals surface area contributed by atoms with E-state index < -0.39 is 18.0 Å². The number of anilines is 2. The Morgan fingerprint density at radius 1 is 1.20 bits per heavy atom. The quantitative estimate of drug-likeness (QED) is 0.567. The molecule has 0 radical (unpaired) electrons. The number of alkyl halides is 2. The van der Waals surface area contributed by atoms with Crippen LogP contribution in [-0.2, 0) is 4.74 Å². The number of hydrogen-bond acceptors (Lipinski definition) is 7. The normalized spacial score (nSPS) is 18.2. The van der Waals surface area contributed by atoms with Crippen molar-refractivity contribution in [3.05, 3.63) is 35.9 Å². The first-order valence-electron chi connectivity index (χ1n) is 12.0. The van der Waals surface area contributed by atoms with Gasteiger partial charge in [0.25, 0.3) is 12.3 Å². The second-order valence-electron chi connectivity index (χ2n) is 9.24. The molecule has 35 heavy (non-hydrogen) atoms. The van der Waals surface area contributed by atoms with E-state index in [4.69, 9.17) is 4.74 Å². The van der Waals surface area contributed by atoms with Gasteiger partial charge in [-0.25, -0.2) is 18.3 Å². The van der Waals surface area contributed by atoms with Crippen LogP contribution in [-0.4, -0.2) is 80.6 Å². The molecule has 0 saturated carbocycles. The molecule has 0 atom stereocenters. The Morgan fingerprint density at radius 3 is 2.63 bits per heavy atom. The van der Waals surface area contributed by atoms with E-state index in [0.717, 1.165) is 25.9 Å². The highest BCUT2D eigenvalue weighted by Gasteiger charge is 2.27. The lowest BCUT2D eigenvalue weighted by Gasteiger charge is -2.34. The molecule has 1 N–H and O–H groups in total. The monoisotopic (exact) mass is 490 g/mol. The van der Waals surface area contributed by atoms with Gasteiger partial charge in [0.2, 0.25) is 0 Å². The van der Waals surface area contributed by atoms with E-state index >= 15 is 0 Å². The van der Waals surface area contributed by atoms with Crippen molar-refractivity contribution in [3.8, 4) is 0 Å². The van der Waals surface area contributed by atoms with Crippen LogP contribution in [0.1, 0.15) is 56.6 Å². The van der Waals surface area contributed by atoms with Crippen molar-refractivity contribution in [2.24, 2.45) is 0 Å². The number of nitrogens with one attached hydrogen (secondary N) is 1. The highest BCUT2D eigenvalue weighted by Crippen LogP contribution is 2.31. The topological polar surface area (TPSA) is 92.8 Å². The molecule has 5 rings (SSSR count). The summed E-state index contributed by atoms with van der Waals surface area (Å²) in [5, 5.41) is 11.0. The predicted octanol–water partition coefficient (Wildman–Crippen LogP) is 3.24. The molecule has 0 unspecified atom stereocenters. The number of carbonyl (C=O) groups is 1. The third kappa shape index (κ3) is 4.85. The molecule has 12 heteroatoms. The molecule has 2 aliphatic rings. The number of piperidine rings is 1. The zero-order valence-electron chi connectivity index (χ0n) is 19.9. The molecule has 5 heterocycles. The van der Waals surface area contributed by atoms with E-state index in [-0.39, 0.29) is 18.7 Å². The van der Waals surface area contributed by atoms with Crippen molar-refractivity contribution in [1.82, 2.24) is 29.3 Å². The van der Waals surface area contributed by atoms with Crippen LogP contribution in [0.4, 0.5) is 20.3 Å². The lowest BCUT2D eigenvalue weighted by molar-refractivity contribution is 0.102. The number of nitrogens with zero attached hydrogens (tertiary/aromatic N) is 7. The largest absolute Gasteiger partial charge is 0.378 e. The minimum absolute atomic E-state index is 0. The first kappa shape index (κ1) is 23.6. The average molecular weight is 491 g/mol. The molecule has 10 nitrogen and oxygen atoms in total. The Hall–Kier alpha value is -3.12. The van der Waals surface area contributed by atoms with Crippen molar-refractivity contribution in [1.29, 1.82) is 0 Å². The highest BCUT2D eigenvalue weighted by molar-refractivity contribution is 6.08. The van der Waals surface area contributed by atoms with Crippen LogP contribution in [0, 0.1) is 0 Å². The number of rotatable bonds is 6. The van der Waals surface area contributed by atoms with Gasteiger partial charge in [0.05, 0.1) is 31.1 Å². The third-order valence-electron chi connectivity index (χ3n) is 6.75. The molecule has 190 valence electrons. The maximum absolute atomic E-state index is 13.8. The van der Waals surface area contributed by atoms with Gasteiger partial charge < -0.3 is 19.9 Å². The summed E-state index contributed by atoms with van der Waals surface area (Å²) in [6.45, 7) is 8.68. The standard InChI is InChI=1S/C23H30F2N8O2.H2/c1-15(2)30-6-3-16(4-7-30)33-14-18(20(29-33)21(24)25)27-23(34)17-13-26-32-8-5-19(28-22(17)32)31-9-11-35-12-10-31;/h5,8,13-16,21H,3-4,6-7,9-12H2,1-2H3,(H,27,34);1H. The Bertz CT molecular complexity index is 1190. The van der Waals surface area contributed by atoms with Crippen molar-refractivity contribution in [3.63, 3.8) is 0 Å². The van der Waals surface area contributed by atoms with E-state index in [1.165, 1.54) is 16.9 Å². The Balaban J connectivity index is 0.00000304. The minimum atomic E-state index is -2.81. The third-order valence-corrected chi connectivity index (χ3v) is 6.75. The summed E-state index contributed by atoms with van der Waals surface area (Å²) in [5.41, 5.74) is 0.153. The molecule has 2 fully saturated rings. The van der Waals surface area contributed by atoms with Gasteiger partial charge in [0, 0.05) is 46.0 Å². The summed E-state index contributed by atoms with van der Waals surface area (Å²) in [5.74, 6) is 0.159. The fraction of sp³-hybridized carbons (Fsp3) is 0.565. The van der Waals surface area contributed by atoms with Crippen molar-refractivity contribution >= 4 is 23.1 Å². The van der Waals surface area contributed by atoms with Crippen molar-refractivity contribution in [2.45, 2.75) is 45.2 Å². The van der Waals surface area contributed by atoms with E-state index in [0.29, 0.717) is 43.8 Å². The Morgan fingerprint density at radius 2 is 1.94 bits per heavy atom. The number of carbonyl (C=O) groups excluding carboxylic acids is 1. The van der Waals surface area contributed by atoms with Gasteiger partial charge in [0.15, 0.2) is 11.3 Å². The number of halogens is 2. The van der Waals surface area contributed by atoms with Gasteiger partial charge >= 0.3 is 0 Å². The minimum Gasteiger partial charge on any atom is -0.378 e. The maximum atomic E-state index is 13.8. The zero-order valence-corrected chi connectivity index (χ0v) is 19.9. The number of ether oxygens (including phenoxy) is 1. The van der Waals surface area contributed by atoms with Crippen molar-refractivity contribution < 1.29 is 19.7 Å². The fourth-order valence-corrected chi connectivity index (χ4v) is 4.69. The smallest absolute Gasteiger partial charge is 0.284 e. The first-order chi connectivity index (χ1) is 16.9. The van der Waals surface area contributed by atoms with Gasteiger partial charge in [-0.15, -0.1) is 0 Å². The van der Waals surface area contributed by atoms with Crippen LogP contribution in [0.2, 0.25) is 0 Å². The SMILES string of the molecule is CC(C)N1CCC(n2cc(NC(=O)c3cnn4ccc(N5CCOCC5)nc34)c(C(F)F)n2)CC1.[HH]. The van der Waals surface area contributed by atoms with E-state index in [9.17, 15) is 13.6 Å². The van der Waals surface area contributed by atoms with E-state index in [2.05, 4.69) is 44.1 Å². The summed E-state index contributed by atoms with van der Waals surface area (Å²) >= 11 is 0. The van der Waals surface area contributed by atoms with Crippen LogP contribution < -0.4 is 10.2 Å². The Labute approximate surface area is 203 Å². The molecule has 0 bridgehead atoms. The highest BCUT2D eigenvalue weighted by atomic mass is 19.3. The number of likely N-dealkylation sites (tertiary alicyclic amines) is 1. The molecular weight excluding hydrogens is 458 g/mol. The molecule has 0 aliphatic carbocycles. The predicted molar refractivity (Wildman–Crippen MR) is 128 cm³/mol. The number of amides is 1. The van der Waals surface area contributed by atoms with Gasteiger partial charge in [-0.05, 0) is 32.8 Å². The van der Waals surface area contributed by atoms with Gasteiger partial charge in [-0.2, -0.15) is 10.2 Å². The van der Waals surface area contributed by atoms with Crippen LogP contribution in [0.25, 0.3) is 5.65 Å².